The van der Waals surface area contributed by atoms with Gasteiger partial charge in [0.1, 0.15) is 5.82 Å². The molecule has 2 unspecified atom stereocenters. The van der Waals surface area contributed by atoms with Gasteiger partial charge in [0.05, 0.1) is 5.69 Å². The van der Waals surface area contributed by atoms with Gasteiger partial charge in [-0.05, 0) is 49.8 Å². The number of benzene rings is 1. The first-order valence-electron chi connectivity index (χ1n) is 8.59. The summed E-state index contributed by atoms with van der Waals surface area (Å²) in [6.07, 6.45) is 8.74. The molecule has 0 aromatic heterocycles. The molecular weight excluding hydrogens is 263 g/mol. The Labute approximate surface area is 127 Å². The summed E-state index contributed by atoms with van der Waals surface area (Å²) >= 11 is 0. The quantitative estimate of drug-likeness (QED) is 0.856. The Bertz CT molecular complexity index is 468. The average molecular weight is 290 g/mol. The molecule has 1 N–H and O–H groups in total. The zero-order valence-electron chi connectivity index (χ0n) is 13.1. The van der Waals surface area contributed by atoms with Gasteiger partial charge >= 0.3 is 0 Å². The number of nitrogens with one attached hydrogen (secondary N) is 1. The molecule has 1 aliphatic heterocycles. The van der Waals surface area contributed by atoms with E-state index in [0.29, 0.717) is 6.04 Å². The lowest BCUT2D eigenvalue weighted by atomic mass is 9.83. The van der Waals surface area contributed by atoms with Gasteiger partial charge in [0, 0.05) is 24.8 Å². The standard InChI is InChI=1S/C18H27FN2/c1-2-14-7-3-4-8-17(14)20-15-9-10-18(16(19)13-15)21-11-5-6-12-21/h9-10,13-14,17,20H,2-8,11-12H2,1H3. The summed E-state index contributed by atoms with van der Waals surface area (Å²) in [5.41, 5.74) is 1.72. The molecule has 1 saturated carbocycles. The van der Waals surface area contributed by atoms with E-state index in [1.807, 2.05) is 6.07 Å². The van der Waals surface area contributed by atoms with E-state index in [0.717, 1.165) is 30.4 Å². The molecule has 1 saturated heterocycles. The van der Waals surface area contributed by atoms with Crippen molar-refractivity contribution < 1.29 is 4.39 Å². The lowest BCUT2D eigenvalue weighted by molar-refractivity contribution is 0.317. The fourth-order valence-electron chi connectivity index (χ4n) is 3.91. The molecule has 0 bridgehead atoms. The Morgan fingerprint density at radius 1 is 1.14 bits per heavy atom. The fourth-order valence-corrected chi connectivity index (χ4v) is 3.91. The normalized spacial score (nSPS) is 26.1. The number of anilines is 2. The zero-order valence-corrected chi connectivity index (χ0v) is 13.1. The van der Waals surface area contributed by atoms with Crippen molar-refractivity contribution >= 4 is 11.4 Å². The Morgan fingerprint density at radius 3 is 2.62 bits per heavy atom. The molecule has 3 rings (SSSR count). The van der Waals surface area contributed by atoms with Crippen LogP contribution in [-0.4, -0.2) is 19.1 Å². The third kappa shape index (κ3) is 3.33. The van der Waals surface area contributed by atoms with Crippen LogP contribution in [0.1, 0.15) is 51.9 Å². The Balaban J connectivity index is 1.69. The van der Waals surface area contributed by atoms with E-state index in [-0.39, 0.29) is 5.82 Å². The van der Waals surface area contributed by atoms with Gasteiger partial charge in [-0.15, -0.1) is 0 Å². The van der Waals surface area contributed by atoms with Crippen molar-refractivity contribution in [1.82, 2.24) is 0 Å². The third-order valence-corrected chi connectivity index (χ3v) is 5.18. The van der Waals surface area contributed by atoms with Crippen LogP contribution in [0.25, 0.3) is 0 Å². The van der Waals surface area contributed by atoms with Gasteiger partial charge in [-0.2, -0.15) is 0 Å². The van der Waals surface area contributed by atoms with Crippen LogP contribution < -0.4 is 10.2 Å². The fraction of sp³-hybridized carbons (Fsp3) is 0.667. The highest BCUT2D eigenvalue weighted by molar-refractivity contribution is 5.57. The summed E-state index contributed by atoms with van der Waals surface area (Å²) < 4.78 is 14.4. The van der Waals surface area contributed by atoms with Crippen LogP contribution in [0.3, 0.4) is 0 Å². The third-order valence-electron chi connectivity index (χ3n) is 5.18. The molecule has 1 aromatic carbocycles. The van der Waals surface area contributed by atoms with Crippen LogP contribution in [0.4, 0.5) is 15.8 Å². The summed E-state index contributed by atoms with van der Waals surface area (Å²) in [6.45, 7) is 4.25. The molecule has 2 atom stereocenters. The summed E-state index contributed by atoms with van der Waals surface area (Å²) in [7, 11) is 0. The second kappa shape index (κ2) is 6.67. The molecule has 21 heavy (non-hydrogen) atoms. The van der Waals surface area contributed by atoms with E-state index in [1.54, 1.807) is 6.07 Å². The van der Waals surface area contributed by atoms with E-state index in [1.165, 1.54) is 44.9 Å². The smallest absolute Gasteiger partial charge is 0.148 e. The minimum atomic E-state index is -0.0780. The topological polar surface area (TPSA) is 15.3 Å². The first-order valence-corrected chi connectivity index (χ1v) is 8.59. The summed E-state index contributed by atoms with van der Waals surface area (Å²) in [5.74, 6) is 0.658. The highest BCUT2D eigenvalue weighted by Gasteiger charge is 2.24. The maximum Gasteiger partial charge on any atom is 0.148 e. The molecule has 1 aromatic rings. The van der Waals surface area contributed by atoms with Crippen molar-refractivity contribution in [1.29, 1.82) is 0 Å². The maximum absolute atomic E-state index is 14.4. The maximum atomic E-state index is 14.4. The molecular formula is C18H27FN2. The molecule has 0 spiro atoms. The van der Waals surface area contributed by atoms with E-state index >= 15 is 0 Å². The summed E-state index contributed by atoms with van der Waals surface area (Å²) in [4.78, 5) is 2.16. The van der Waals surface area contributed by atoms with E-state index in [4.69, 9.17) is 0 Å². The van der Waals surface area contributed by atoms with Gasteiger partial charge in [0.15, 0.2) is 0 Å². The second-order valence-electron chi connectivity index (χ2n) is 6.56. The monoisotopic (exact) mass is 290 g/mol. The predicted octanol–water partition coefficient (Wildman–Crippen LogP) is 4.81. The second-order valence-corrected chi connectivity index (χ2v) is 6.56. The van der Waals surface area contributed by atoms with Crippen LogP contribution >= 0.6 is 0 Å². The van der Waals surface area contributed by atoms with Gasteiger partial charge in [0.25, 0.3) is 0 Å². The van der Waals surface area contributed by atoms with Crippen LogP contribution in [0.5, 0.6) is 0 Å². The lowest BCUT2D eigenvalue weighted by Crippen LogP contribution is -2.31. The first-order chi connectivity index (χ1) is 10.3. The molecule has 2 aliphatic rings. The highest BCUT2D eigenvalue weighted by atomic mass is 19.1. The summed E-state index contributed by atoms with van der Waals surface area (Å²) in [5, 5.41) is 3.58. The predicted molar refractivity (Wildman–Crippen MR) is 87.5 cm³/mol. The Morgan fingerprint density at radius 2 is 1.90 bits per heavy atom. The number of hydrogen-bond donors (Lipinski definition) is 1. The van der Waals surface area contributed by atoms with Crippen molar-refractivity contribution in [3.63, 3.8) is 0 Å². The van der Waals surface area contributed by atoms with Crippen molar-refractivity contribution in [3.05, 3.63) is 24.0 Å². The van der Waals surface area contributed by atoms with Gasteiger partial charge < -0.3 is 10.2 Å². The van der Waals surface area contributed by atoms with Gasteiger partial charge in [-0.3, -0.25) is 0 Å². The van der Waals surface area contributed by atoms with E-state index < -0.39 is 0 Å². The van der Waals surface area contributed by atoms with Gasteiger partial charge in [-0.25, -0.2) is 4.39 Å². The minimum absolute atomic E-state index is 0.0780. The molecule has 0 radical (unpaired) electrons. The highest BCUT2D eigenvalue weighted by Crippen LogP contribution is 2.31. The van der Waals surface area contributed by atoms with E-state index in [9.17, 15) is 4.39 Å². The largest absolute Gasteiger partial charge is 0.382 e. The Kier molecular flexibility index (Phi) is 4.67. The van der Waals surface area contributed by atoms with Gasteiger partial charge in [-0.1, -0.05) is 26.2 Å². The van der Waals surface area contributed by atoms with Crippen LogP contribution in [0, 0.1) is 11.7 Å². The number of hydrogen-bond acceptors (Lipinski definition) is 2. The van der Waals surface area contributed by atoms with Gasteiger partial charge in [0.2, 0.25) is 0 Å². The molecule has 2 fully saturated rings. The average Bonchev–Trinajstić information content (AvgIpc) is 3.02. The summed E-state index contributed by atoms with van der Waals surface area (Å²) in [6, 6.07) is 6.21. The molecule has 1 aliphatic carbocycles. The molecule has 1 heterocycles. The first kappa shape index (κ1) is 14.7. The minimum Gasteiger partial charge on any atom is -0.382 e. The van der Waals surface area contributed by atoms with Crippen LogP contribution in [0.15, 0.2) is 18.2 Å². The molecule has 0 amide bonds. The van der Waals surface area contributed by atoms with E-state index in [2.05, 4.69) is 23.2 Å². The lowest BCUT2D eigenvalue weighted by Gasteiger charge is -2.32. The van der Waals surface area contributed by atoms with Crippen molar-refractivity contribution in [2.45, 2.75) is 57.9 Å². The van der Waals surface area contributed by atoms with Crippen molar-refractivity contribution in [2.75, 3.05) is 23.3 Å². The zero-order chi connectivity index (χ0) is 14.7. The van der Waals surface area contributed by atoms with Crippen molar-refractivity contribution in [3.8, 4) is 0 Å². The number of halogens is 1. The Hall–Kier alpha value is -1.25. The molecule has 116 valence electrons. The van der Waals surface area contributed by atoms with Crippen molar-refractivity contribution in [2.24, 2.45) is 5.92 Å². The molecule has 2 nitrogen and oxygen atoms in total. The van der Waals surface area contributed by atoms with Crippen LogP contribution in [-0.2, 0) is 0 Å². The SMILES string of the molecule is CCC1CCCCC1Nc1ccc(N2CCCC2)c(F)c1. The van der Waals surface area contributed by atoms with Crippen LogP contribution in [0.2, 0.25) is 0 Å². The number of nitrogens with zero attached hydrogens (tertiary/aromatic N) is 1. The number of rotatable bonds is 4. The molecule has 3 heteroatoms.